The number of halogens is 1. The molecule has 0 radical (unpaired) electrons. The van der Waals surface area contributed by atoms with Crippen LogP contribution in [0.2, 0.25) is 0 Å². The van der Waals surface area contributed by atoms with Gasteiger partial charge in [-0.1, -0.05) is 6.07 Å². The molecule has 0 bridgehead atoms. The van der Waals surface area contributed by atoms with Crippen molar-refractivity contribution in [3.8, 4) is 11.5 Å². The second-order valence-corrected chi connectivity index (χ2v) is 5.25. The van der Waals surface area contributed by atoms with Crippen LogP contribution in [0.4, 0.5) is 10.1 Å². The minimum Gasteiger partial charge on any atom is -0.455 e. The van der Waals surface area contributed by atoms with Crippen LogP contribution in [0, 0.1) is 5.82 Å². The molecule has 2 aromatic carbocycles. The first kappa shape index (κ1) is 16.3. The SMILES string of the molecule is CN=C(N)NC(=O)c1cc2c(F)ccc(Oc3cccc(N)c3)c2[nH]1. The zero-order chi connectivity index (χ0) is 18.0. The highest BCUT2D eigenvalue weighted by Crippen LogP contribution is 2.32. The molecule has 6 N–H and O–H groups in total. The lowest BCUT2D eigenvalue weighted by molar-refractivity contribution is 0.0972. The molecule has 0 unspecified atom stereocenters. The Hall–Kier alpha value is -3.55. The highest BCUT2D eigenvalue weighted by molar-refractivity contribution is 6.07. The zero-order valence-electron chi connectivity index (χ0n) is 13.3. The lowest BCUT2D eigenvalue weighted by Crippen LogP contribution is -2.36. The number of anilines is 1. The summed E-state index contributed by atoms with van der Waals surface area (Å²) in [5, 5.41) is 2.60. The van der Waals surface area contributed by atoms with Crippen molar-refractivity contribution in [3.63, 3.8) is 0 Å². The van der Waals surface area contributed by atoms with Gasteiger partial charge in [-0.05, 0) is 30.3 Å². The third kappa shape index (κ3) is 3.37. The Labute approximate surface area is 142 Å². The number of carbonyl (C=O) groups excluding carboxylic acids is 1. The van der Waals surface area contributed by atoms with E-state index < -0.39 is 11.7 Å². The van der Waals surface area contributed by atoms with Gasteiger partial charge in [0, 0.05) is 24.2 Å². The summed E-state index contributed by atoms with van der Waals surface area (Å²) in [6.45, 7) is 0. The number of hydrogen-bond acceptors (Lipinski definition) is 4. The number of rotatable bonds is 3. The molecule has 0 saturated heterocycles. The number of aromatic nitrogens is 1. The van der Waals surface area contributed by atoms with Gasteiger partial charge < -0.3 is 21.2 Å². The van der Waals surface area contributed by atoms with Crippen LogP contribution < -0.4 is 21.5 Å². The number of ether oxygens (including phenoxy) is 1. The number of guanidine groups is 1. The maximum absolute atomic E-state index is 14.1. The van der Waals surface area contributed by atoms with Crippen molar-refractivity contribution < 1.29 is 13.9 Å². The fraction of sp³-hybridized carbons (Fsp3) is 0.0588. The van der Waals surface area contributed by atoms with E-state index in [9.17, 15) is 9.18 Å². The molecule has 0 aliphatic heterocycles. The van der Waals surface area contributed by atoms with Gasteiger partial charge in [-0.2, -0.15) is 0 Å². The second-order valence-electron chi connectivity index (χ2n) is 5.25. The number of hydrogen-bond donors (Lipinski definition) is 4. The molecule has 7 nitrogen and oxygen atoms in total. The van der Waals surface area contributed by atoms with Gasteiger partial charge in [0.05, 0.1) is 5.52 Å². The lowest BCUT2D eigenvalue weighted by Gasteiger charge is -2.08. The van der Waals surface area contributed by atoms with E-state index in [1.165, 1.54) is 25.2 Å². The van der Waals surface area contributed by atoms with Gasteiger partial charge in [-0.15, -0.1) is 0 Å². The van der Waals surface area contributed by atoms with Gasteiger partial charge in [-0.3, -0.25) is 15.1 Å². The largest absolute Gasteiger partial charge is 0.455 e. The summed E-state index contributed by atoms with van der Waals surface area (Å²) in [6, 6.07) is 11.0. The number of nitrogens with one attached hydrogen (secondary N) is 2. The van der Waals surface area contributed by atoms with E-state index in [4.69, 9.17) is 16.2 Å². The molecule has 25 heavy (non-hydrogen) atoms. The average Bonchev–Trinajstić information content (AvgIpc) is 3.04. The summed E-state index contributed by atoms with van der Waals surface area (Å²) in [5.74, 6) is -0.203. The Morgan fingerprint density at radius 3 is 2.80 bits per heavy atom. The average molecular weight is 341 g/mol. The Kier molecular flexibility index (Phi) is 4.25. The molecule has 0 saturated carbocycles. The van der Waals surface area contributed by atoms with E-state index >= 15 is 0 Å². The molecule has 0 aliphatic carbocycles. The number of fused-ring (bicyclic) bond motifs is 1. The van der Waals surface area contributed by atoms with E-state index in [2.05, 4.69) is 15.3 Å². The zero-order valence-corrected chi connectivity index (χ0v) is 13.3. The lowest BCUT2D eigenvalue weighted by atomic mass is 10.2. The van der Waals surface area contributed by atoms with Crippen LogP contribution >= 0.6 is 0 Å². The number of carbonyl (C=O) groups is 1. The molecule has 3 rings (SSSR count). The van der Waals surface area contributed by atoms with Gasteiger partial charge in [0.15, 0.2) is 11.7 Å². The summed E-state index contributed by atoms with van der Waals surface area (Å²) in [7, 11) is 1.44. The van der Waals surface area contributed by atoms with Crippen LogP contribution in [0.1, 0.15) is 10.5 Å². The molecular formula is C17H16FN5O2. The van der Waals surface area contributed by atoms with Crippen molar-refractivity contribution in [2.75, 3.05) is 12.8 Å². The standard InChI is InChI=1S/C17H16FN5O2/c1-21-17(20)23-16(24)13-8-11-12(18)5-6-14(15(11)22-13)25-10-4-2-3-9(19)7-10/h2-8,22H,19H2,1H3,(H3,20,21,23,24). The quantitative estimate of drug-likeness (QED) is 0.332. The molecule has 3 aromatic rings. The molecular weight excluding hydrogens is 325 g/mol. The normalized spacial score (nSPS) is 11.5. The highest BCUT2D eigenvalue weighted by atomic mass is 19.1. The van der Waals surface area contributed by atoms with E-state index in [0.29, 0.717) is 22.7 Å². The molecule has 0 aliphatic rings. The number of aromatic amines is 1. The maximum Gasteiger partial charge on any atom is 0.274 e. The Morgan fingerprint density at radius 1 is 1.28 bits per heavy atom. The van der Waals surface area contributed by atoms with E-state index in [0.717, 1.165) is 0 Å². The number of H-pyrrole nitrogens is 1. The number of nitrogens with two attached hydrogens (primary N) is 2. The topological polar surface area (TPSA) is 119 Å². The van der Waals surface area contributed by atoms with Crippen molar-refractivity contribution in [2.24, 2.45) is 10.7 Å². The Balaban J connectivity index is 2.00. The minimum absolute atomic E-state index is 0.0413. The van der Waals surface area contributed by atoms with Crippen LogP contribution in [0.3, 0.4) is 0 Å². The van der Waals surface area contributed by atoms with Crippen LogP contribution in [0.25, 0.3) is 10.9 Å². The number of amides is 1. The molecule has 8 heteroatoms. The van der Waals surface area contributed by atoms with Crippen LogP contribution in [-0.4, -0.2) is 23.9 Å². The van der Waals surface area contributed by atoms with E-state index in [-0.39, 0.29) is 17.0 Å². The summed E-state index contributed by atoms with van der Waals surface area (Å²) >= 11 is 0. The molecule has 1 amide bonds. The number of aliphatic imine (C=N–C) groups is 1. The van der Waals surface area contributed by atoms with Crippen molar-refractivity contribution in [2.45, 2.75) is 0 Å². The summed E-state index contributed by atoms with van der Waals surface area (Å²) in [6.07, 6.45) is 0. The molecule has 128 valence electrons. The van der Waals surface area contributed by atoms with Gasteiger partial charge in [0.2, 0.25) is 0 Å². The van der Waals surface area contributed by atoms with Crippen LogP contribution in [0.15, 0.2) is 47.5 Å². The monoisotopic (exact) mass is 341 g/mol. The third-order valence-corrected chi connectivity index (χ3v) is 3.52. The number of nitrogens with zero attached hydrogens (tertiary/aromatic N) is 1. The van der Waals surface area contributed by atoms with Crippen molar-refractivity contribution in [1.29, 1.82) is 0 Å². The number of nitrogen functional groups attached to an aromatic ring is 1. The molecule has 1 heterocycles. The fourth-order valence-electron chi connectivity index (χ4n) is 2.31. The van der Waals surface area contributed by atoms with Crippen molar-refractivity contribution >= 4 is 28.5 Å². The number of benzene rings is 2. The Bertz CT molecular complexity index is 980. The molecule has 1 aromatic heterocycles. The van der Waals surface area contributed by atoms with Crippen LogP contribution in [-0.2, 0) is 0 Å². The molecule has 0 atom stereocenters. The highest BCUT2D eigenvalue weighted by Gasteiger charge is 2.16. The van der Waals surface area contributed by atoms with Gasteiger partial charge >= 0.3 is 0 Å². The Morgan fingerprint density at radius 2 is 2.08 bits per heavy atom. The van der Waals surface area contributed by atoms with E-state index in [1.807, 2.05) is 0 Å². The van der Waals surface area contributed by atoms with Crippen LogP contribution in [0.5, 0.6) is 11.5 Å². The molecule has 0 fully saturated rings. The summed E-state index contributed by atoms with van der Waals surface area (Å²) < 4.78 is 19.9. The minimum atomic E-state index is -0.534. The fourth-order valence-corrected chi connectivity index (χ4v) is 2.31. The maximum atomic E-state index is 14.1. The first-order valence-corrected chi connectivity index (χ1v) is 7.36. The predicted octanol–water partition coefficient (Wildman–Crippen LogP) is 2.36. The summed E-state index contributed by atoms with van der Waals surface area (Å²) in [4.78, 5) is 18.6. The van der Waals surface area contributed by atoms with Gasteiger partial charge in [-0.25, -0.2) is 4.39 Å². The molecule has 0 spiro atoms. The van der Waals surface area contributed by atoms with Gasteiger partial charge in [0.1, 0.15) is 17.3 Å². The smallest absolute Gasteiger partial charge is 0.274 e. The first-order valence-electron chi connectivity index (χ1n) is 7.36. The van der Waals surface area contributed by atoms with Crippen molar-refractivity contribution in [3.05, 3.63) is 54.0 Å². The third-order valence-electron chi connectivity index (χ3n) is 3.52. The first-order chi connectivity index (χ1) is 12.0. The van der Waals surface area contributed by atoms with Crippen molar-refractivity contribution in [1.82, 2.24) is 10.3 Å². The van der Waals surface area contributed by atoms with E-state index in [1.54, 1.807) is 24.3 Å². The van der Waals surface area contributed by atoms with Gasteiger partial charge in [0.25, 0.3) is 5.91 Å². The predicted molar refractivity (Wildman–Crippen MR) is 94.2 cm³/mol. The second kappa shape index (κ2) is 6.52. The summed E-state index contributed by atoms with van der Waals surface area (Å²) in [5.41, 5.74) is 12.2.